The Hall–Kier alpha value is -1.61. The molecule has 0 amide bonds. The summed E-state index contributed by atoms with van der Waals surface area (Å²) in [5, 5.41) is 3.31. The Kier molecular flexibility index (Phi) is 3.15. The molecule has 0 aliphatic heterocycles. The zero-order chi connectivity index (χ0) is 13.3. The second kappa shape index (κ2) is 4.82. The Labute approximate surface area is 114 Å². The number of aromatic amines is 1. The molecule has 3 nitrogen and oxygen atoms in total. The van der Waals surface area contributed by atoms with Crippen LogP contribution in [0.5, 0.6) is 0 Å². The van der Waals surface area contributed by atoms with E-state index in [1.807, 2.05) is 13.2 Å². The van der Waals surface area contributed by atoms with E-state index in [0.717, 1.165) is 18.1 Å². The second-order valence-electron chi connectivity index (χ2n) is 5.68. The minimum atomic E-state index is 0.234. The van der Waals surface area contributed by atoms with E-state index in [0.29, 0.717) is 0 Å². The van der Waals surface area contributed by atoms with Crippen molar-refractivity contribution in [2.75, 3.05) is 13.6 Å². The van der Waals surface area contributed by atoms with Crippen molar-refractivity contribution in [1.82, 2.24) is 15.3 Å². The quantitative estimate of drug-likeness (QED) is 0.881. The number of nitrogens with zero attached hydrogens (tertiary/aromatic N) is 1. The summed E-state index contributed by atoms with van der Waals surface area (Å²) in [6.45, 7) is 3.12. The van der Waals surface area contributed by atoms with E-state index in [2.05, 4.69) is 46.5 Å². The molecule has 2 N–H and O–H groups in total. The summed E-state index contributed by atoms with van der Waals surface area (Å²) in [7, 11) is 2.02. The van der Waals surface area contributed by atoms with Gasteiger partial charge in [-0.05, 0) is 32.4 Å². The monoisotopic (exact) mass is 255 g/mol. The first-order chi connectivity index (χ1) is 9.23. The zero-order valence-electron chi connectivity index (χ0n) is 11.7. The van der Waals surface area contributed by atoms with Crippen LogP contribution >= 0.6 is 0 Å². The number of benzene rings is 1. The molecule has 0 bridgehead atoms. The lowest BCUT2D eigenvalue weighted by Gasteiger charge is -2.40. The minimum absolute atomic E-state index is 0.234. The van der Waals surface area contributed by atoms with Crippen molar-refractivity contribution in [3.05, 3.63) is 41.9 Å². The van der Waals surface area contributed by atoms with Crippen molar-refractivity contribution in [2.45, 2.75) is 31.6 Å². The Balaban J connectivity index is 1.88. The summed E-state index contributed by atoms with van der Waals surface area (Å²) in [5.74, 6) is 1.14. The highest BCUT2D eigenvalue weighted by Gasteiger charge is 2.40. The van der Waals surface area contributed by atoms with Crippen molar-refractivity contribution in [1.29, 1.82) is 0 Å². The molecule has 0 radical (unpaired) electrons. The van der Waals surface area contributed by atoms with Crippen LogP contribution in [0.3, 0.4) is 0 Å². The summed E-state index contributed by atoms with van der Waals surface area (Å²) in [4.78, 5) is 8.16. The molecule has 1 saturated carbocycles. The molecule has 1 heterocycles. The van der Waals surface area contributed by atoms with Crippen LogP contribution in [0, 0.1) is 6.92 Å². The number of H-pyrrole nitrogens is 1. The first-order valence-electron chi connectivity index (χ1n) is 7.01. The van der Waals surface area contributed by atoms with Gasteiger partial charge >= 0.3 is 0 Å². The zero-order valence-corrected chi connectivity index (χ0v) is 11.7. The summed E-state index contributed by atoms with van der Waals surface area (Å²) in [6, 6.07) is 8.58. The molecular weight excluding hydrogens is 234 g/mol. The van der Waals surface area contributed by atoms with E-state index >= 15 is 0 Å². The smallest absolute Gasteiger partial charge is 0.114 e. The maximum atomic E-state index is 4.63. The van der Waals surface area contributed by atoms with Gasteiger partial charge in [-0.3, -0.25) is 0 Å². The molecule has 1 aromatic heterocycles. The van der Waals surface area contributed by atoms with Gasteiger partial charge in [0.15, 0.2) is 0 Å². The van der Waals surface area contributed by atoms with Gasteiger partial charge in [0.25, 0.3) is 0 Å². The Bertz CT molecular complexity index is 550. The van der Waals surface area contributed by atoms with Crippen LogP contribution in [0.1, 0.15) is 30.7 Å². The van der Waals surface area contributed by atoms with E-state index < -0.39 is 0 Å². The third kappa shape index (κ3) is 2.19. The predicted molar refractivity (Wildman–Crippen MR) is 78.2 cm³/mol. The molecule has 2 aromatic rings. The molecule has 1 aliphatic rings. The first kappa shape index (κ1) is 12.4. The number of hydrogen-bond acceptors (Lipinski definition) is 2. The molecule has 0 atom stereocenters. The third-order valence-electron chi connectivity index (χ3n) is 4.27. The van der Waals surface area contributed by atoms with Crippen LogP contribution in [0.4, 0.5) is 0 Å². The van der Waals surface area contributed by atoms with Gasteiger partial charge < -0.3 is 10.3 Å². The standard InChI is InChI=1S/C16H21N3/c1-12-4-6-13(7-5-12)14-10-18-15(19-14)16(11-17-2)8-3-9-16/h4-7,10,17H,3,8-9,11H2,1-2H3,(H,18,19). The third-order valence-corrected chi connectivity index (χ3v) is 4.27. The molecular formula is C16H21N3. The normalized spacial score (nSPS) is 17.2. The highest BCUT2D eigenvalue weighted by Crippen LogP contribution is 2.42. The summed E-state index contributed by atoms with van der Waals surface area (Å²) in [6.07, 6.45) is 5.74. The summed E-state index contributed by atoms with van der Waals surface area (Å²) in [5.41, 5.74) is 3.85. The molecule has 0 spiro atoms. The van der Waals surface area contributed by atoms with Gasteiger partial charge in [-0.15, -0.1) is 0 Å². The number of likely N-dealkylation sites (N-methyl/N-ethyl adjacent to an activating group) is 1. The molecule has 1 aliphatic carbocycles. The van der Waals surface area contributed by atoms with Crippen molar-refractivity contribution >= 4 is 0 Å². The molecule has 0 saturated heterocycles. The van der Waals surface area contributed by atoms with Crippen LogP contribution in [0.2, 0.25) is 0 Å². The minimum Gasteiger partial charge on any atom is -0.342 e. The van der Waals surface area contributed by atoms with E-state index in [1.165, 1.54) is 30.4 Å². The molecule has 19 heavy (non-hydrogen) atoms. The number of aryl methyl sites for hydroxylation is 1. The lowest BCUT2D eigenvalue weighted by molar-refractivity contribution is 0.226. The number of rotatable bonds is 4. The lowest BCUT2D eigenvalue weighted by atomic mass is 9.68. The average molecular weight is 255 g/mol. The fraction of sp³-hybridized carbons (Fsp3) is 0.438. The molecule has 3 rings (SSSR count). The van der Waals surface area contributed by atoms with Crippen molar-refractivity contribution in [2.24, 2.45) is 0 Å². The second-order valence-corrected chi connectivity index (χ2v) is 5.68. The van der Waals surface area contributed by atoms with Crippen molar-refractivity contribution in [3.63, 3.8) is 0 Å². The van der Waals surface area contributed by atoms with Gasteiger partial charge in [0.2, 0.25) is 0 Å². The van der Waals surface area contributed by atoms with Gasteiger partial charge in [-0.2, -0.15) is 0 Å². The molecule has 3 heteroatoms. The van der Waals surface area contributed by atoms with Gasteiger partial charge in [0.05, 0.1) is 11.9 Å². The van der Waals surface area contributed by atoms with Crippen LogP contribution in [0.25, 0.3) is 11.3 Å². The number of aromatic nitrogens is 2. The van der Waals surface area contributed by atoms with Crippen LogP contribution in [-0.2, 0) is 5.41 Å². The van der Waals surface area contributed by atoms with Crippen molar-refractivity contribution in [3.8, 4) is 11.3 Å². The summed E-state index contributed by atoms with van der Waals surface area (Å²) < 4.78 is 0. The topological polar surface area (TPSA) is 40.7 Å². The van der Waals surface area contributed by atoms with Gasteiger partial charge in [-0.25, -0.2) is 4.98 Å². The molecule has 1 aromatic carbocycles. The molecule has 0 unspecified atom stereocenters. The Morgan fingerprint density at radius 2 is 2.00 bits per heavy atom. The fourth-order valence-electron chi connectivity index (χ4n) is 2.91. The highest BCUT2D eigenvalue weighted by molar-refractivity contribution is 5.59. The van der Waals surface area contributed by atoms with E-state index in [1.54, 1.807) is 0 Å². The van der Waals surface area contributed by atoms with Gasteiger partial charge in [-0.1, -0.05) is 36.2 Å². The Morgan fingerprint density at radius 3 is 2.58 bits per heavy atom. The molecule has 1 fully saturated rings. The highest BCUT2D eigenvalue weighted by atomic mass is 15.0. The van der Waals surface area contributed by atoms with Gasteiger partial charge in [0.1, 0.15) is 5.82 Å². The predicted octanol–water partition coefficient (Wildman–Crippen LogP) is 3.03. The Morgan fingerprint density at radius 1 is 1.26 bits per heavy atom. The molecule has 100 valence electrons. The van der Waals surface area contributed by atoms with E-state index in [4.69, 9.17) is 0 Å². The number of nitrogens with one attached hydrogen (secondary N) is 2. The number of imidazole rings is 1. The maximum Gasteiger partial charge on any atom is 0.114 e. The van der Waals surface area contributed by atoms with Crippen LogP contribution < -0.4 is 5.32 Å². The largest absolute Gasteiger partial charge is 0.342 e. The first-order valence-corrected chi connectivity index (χ1v) is 7.01. The SMILES string of the molecule is CNCC1(c2ncc(-c3ccc(C)cc3)[nH]2)CCC1. The maximum absolute atomic E-state index is 4.63. The van der Waals surface area contributed by atoms with Gasteiger partial charge in [0, 0.05) is 12.0 Å². The average Bonchev–Trinajstić information content (AvgIpc) is 2.84. The van der Waals surface area contributed by atoms with Crippen LogP contribution in [-0.4, -0.2) is 23.6 Å². The number of hydrogen-bond donors (Lipinski definition) is 2. The van der Waals surface area contributed by atoms with Crippen molar-refractivity contribution < 1.29 is 0 Å². The van der Waals surface area contributed by atoms with E-state index in [-0.39, 0.29) is 5.41 Å². The lowest BCUT2D eigenvalue weighted by Crippen LogP contribution is -2.43. The summed E-state index contributed by atoms with van der Waals surface area (Å²) >= 11 is 0. The van der Waals surface area contributed by atoms with E-state index in [9.17, 15) is 0 Å². The fourth-order valence-corrected chi connectivity index (χ4v) is 2.91. The van der Waals surface area contributed by atoms with Crippen LogP contribution in [0.15, 0.2) is 30.5 Å².